The van der Waals surface area contributed by atoms with Gasteiger partial charge in [0.2, 0.25) is 0 Å². The number of rotatable bonds is 3. The lowest BCUT2D eigenvalue weighted by atomic mass is 10.0. The number of hydrogen-bond acceptors (Lipinski definition) is 2. The van der Waals surface area contributed by atoms with E-state index in [4.69, 9.17) is 10.8 Å². The first-order chi connectivity index (χ1) is 12.8. The maximum atomic E-state index is 13.0. The third kappa shape index (κ3) is 3.80. The SMILES string of the molecule is NC#Cc1cn(-c2ccc(C(=O)O)cc2)cc1-c1cccc(C(F)(F)F)c1. The van der Waals surface area contributed by atoms with Gasteiger partial charge in [-0.05, 0) is 47.9 Å². The number of benzene rings is 2. The fraction of sp³-hybridized carbons (Fsp3) is 0.0500. The molecule has 0 atom stereocenters. The molecule has 0 spiro atoms. The number of carboxylic acid groups (broad SMARTS) is 1. The van der Waals surface area contributed by atoms with Crippen LogP contribution in [-0.4, -0.2) is 15.6 Å². The van der Waals surface area contributed by atoms with E-state index in [0.29, 0.717) is 22.4 Å². The predicted octanol–water partition coefficient (Wildman–Crippen LogP) is 4.13. The summed E-state index contributed by atoms with van der Waals surface area (Å²) in [5.41, 5.74) is 6.60. The van der Waals surface area contributed by atoms with Gasteiger partial charge in [0.1, 0.15) is 0 Å². The first-order valence-corrected chi connectivity index (χ1v) is 7.74. The molecule has 3 aromatic rings. The molecule has 3 N–H and O–H groups in total. The third-order valence-electron chi connectivity index (χ3n) is 3.95. The van der Waals surface area contributed by atoms with E-state index >= 15 is 0 Å². The number of carboxylic acids is 1. The maximum absolute atomic E-state index is 13.0. The second kappa shape index (κ2) is 6.92. The number of carbonyl (C=O) groups is 1. The molecule has 7 heteroatoms. The molecule has 27 heavy (non-hydrogen) atoms. The van der Waals surface area contributed by atoms with Gasteiger partial charge < -0.3 is 15.4 Å². The summed E-state index contributed by atoms with van der Waals surface area (Å²) >= 11 is 0. The maximum Gasteiger partial charge on any atom is 0.416 e. The monoisotopic (exact) mass is 370 g/mol. The molecule has 0 unspecified atom stereocenters. The van der Waals surface area contributed by atoms with Gasteiger partial charge in [0.15, 0.2) is 0 Å². The zero-order valence-electron chi connectivity index (χ0n) is 13.8. The number of aromatic nitrogens is 1. The van der Waals surface area contributed by atoms with Crippen LogP contribution < -0.4 is 5.73 Å². The molecule has 0 aliphatic carbocycles. The van der Waals surface area contributed by atoms with E-state index < -0.39 is 17.7 Å². The van der Waals surface area contributed by atoms with Crippen LogP contribution >= 0.6 is 0 Å². The summed E-state index contributed by atoms with van der Waals surface area (Å²) in [6, 6.07) is 13.3. The summed E-state index contributed by atoms with van der Waals surface area (Å²) in [6.45, 7) is 0. The Balaban J connectivity index is 2.09. The van der Waals surface area contributed by atoms with Gasteiger partial charge >= 0.3 is 12.1 Å². The van der Waals surface area contributed by atoms with Crippen LogP contribution in [0, 0.1) is 12.0 Å². The highest BCUT2D eigenvalue weighted by Gasteiger charge is 2.30. The smallest absolute Gasteiger partial charge is 0.416 e. The van der Waals surface area contributed by atoms with Crippen molar-refractivity contribution < 1.29 is 23.1 Å². The molecule has 1 heterocycles. The van der Waals surface area contributed by atoms with E-state index in [2.05, 4.69) is 12.0 Å². The van der Waals surface area contributed by atoms with E-state index in [1.165, 1.54) is 18.2 Å². The average molecular weight is 370 g/mol. The highest BCUT2D eigenvalue weighted by Crippen LogP contribution is 2.33. The normalized spacial score (nSPS) is 10.9. The standard InChI is InChI=1S/C20H13F3N2O2/c21-20(22,23)16-3-1-2-14(10-16)18-12-25(11-15(18)8-9-24)17-6-4-13(5-7-17)19(26)27/h1-7,10-12H,24H2,(H,26,27). The van der Waals surface area contributed by atoms with Gasteiger partial charge in [0.05, 0.1) is 16.7 Å². The second-order valence-corrected chi connectivity index (χ2v) is 5.69. The molecule has 136 valence electrons. The molecule has 0 saturated heterocycles. The van der Waals surface area contributed by atoms with E-state index in [9.17, 15) is 18.0 Å². The fourth-order valence-electron chi connectivity index (χ4n) is 2.65. The third-order valence-corrected chi connectivity index (χ3v) is 3.95. The van der Waals surface area contributed by atoms with Crippen LogP contribution in [-0.2, 0) is 6.18 Å². The summed E-state index contributed by atoms with van der Waals surface area (Å²) in [4.78, 5) is 11.0. The van der Waals surface area contributed by atoms with Gasteiger partial charge in [0.25, 0.3) is 0 Å². The molecular weight excluding hydrogens is 357 g/mol. The Morgan fingerprint density at radius 2 is 1.78 bits per heavy atom. The molecule has 2 aromatic carbocycles. The van der Waals surface area contributed by atoms with Crippen molar-refractivity contribution in [3.63, 3.8) is 0 Å². The van der Waals surface area contributed by atoms with Gasteiger partial charge in [-0.2, -0.15) is 13.2 Å². The van der Waals surface area contributed by atoms with Crippen LogP contribution in [0.4, 0.5) is 13.2 Å². The number of nitrogens with zero attached hydrogens (tertiary/aromatic N) is 1. The second-order valence-electron chi connectivity index (χ2n) is 5.69. The van der Waals surface area contributed by atoms with Crippen LogP contribution in [0.1, 0.15) is 21.5 Å². The van der Waals surface area contributed by atoms with Crippen molar-refractivity contribution in [2.45, 2.75) is 6.18 Å². The first-order valence-electron chi connectivity index (χ1n) is 7.74. The highest BCUT2D eigenvalue weighted by molar-refractivity contribution is 5.87. The summed E-state index contributed by atoms with van der Waals surface area (Å²) in [5.74, 6) is 1.64. The Hall–Kier alpha value is -3.66. The summed E-state index contributed by atoms with van der Waals surface area (Å²) in [6.07, 6.45) is -1.19. The van der Waals surface area contributed by atoms with Crippen LogP contribution in [0.5, 0.6) is 0 Å². The Kier molecular flexibility index (Phi) is 4.65. The van der Waals surface area contributed by atoms with Crippen molar-refractivity contribution in [3.8, 4) is 28.8 Å². The summed E-state index contributed by atoms with van der Waals surface area (Å²) in [7, 11) is 0. The van der Waals surface area contributed by atoms with Crippen molar-refractivity contribution in [1.82, 2.24) is 4.57 Å². The minimum Gasteiger partial charge on any atom is -0.478 e. The van der Waals surface area contributed by atoms with Gasteiger partial charge in [-0.1, -0.05) is 12.1 Å². The largest absolute Gasteiger partial charge is 0.478 e. The zero-order chi connectivity index (χ0) is 19.6. The molecule has 4 nitrogen and oxygen atoms in total. The lowest BCUT2D eigenvalue weighted by Gasteiger charge is -2.08. The van der Waals surface area contributed by atoms with Crippen LogP contribution in [0.25, 0.3) is 16.8 Å². The molecule has 0 fully saturated rings. The number of alkyl halides is 3. The van der Waals surface area contributed by atoms with Crippen LogP contribution in [0.3, 0.4) is 0 Å². The van der Waals surface area contributed by atoms with Crippen LogP contribution in [0.2, 0.25) is 0 Å². The van der Waals surface area contributed by atoms with Gasteiger partial charge in [-0.3, -0.25) is 0 Å². The van der Waals surface area contributed by atoms with E-state index in [0.717, 1.165) is 12.1 Å². The molecule has 0 saturated carbocycles. The van der Waals surface area contributed by atoms with E-state index in [-0.39, 0.29) is 5.56 Å². The Labute approximate surface area is 152 Å². The van der Waals surface area contributed by atoms with Crippen molar-refractivity contribution in [2.24, 2.45) is 5.73 Å². The number of nitrogens with two attached hydrogens (primary N) is 1. The Morgan fingerprint density at radius 3 is 2.37 bits per heavy atom. The summed E-state index contributed by atoms with van der Waals surface area (Å²) in [5, 5.41) is 8.97. The topological polar surface area (TPSA) is 68.2 Å². The molecule has 1 aromatic heterocycles. The molecule has 3 rings (SSSR count). The van der Waals surface area contributed by atoms with Gasteiger partial charge in [0, 0.05) is 29.7 Å². The number of aromatic carboxylic acids is 1. The Morgan fingerprint density at radius 1 is 1.07 bits per heavy atom. The van der Waals surface area contributed by atoms with Crippen molar-refractivity contribution in [1.29, 1.82) is 0 Å². The van der Waals surface area contributed by atoms with E-state index in [1.807, 2.05) is 0 Å². The molecule has 0 bridgehead atoms. The van der Waals surface area contributed by atoms with Crippen molar-refractivity contribution >= 4 is 5.97 Å². The highest BCUT2D eigenvalue weighted by atomic mass is 19.4. The fourth-order valence-corrected chi connectivity index (χ4v) is 2.65. The van der Waals surface area contributed by atoms with E-state index in [1.54, 1.807) is 35.2 Å². The average Bonchev–Trinajstić information content (AvgIpc) is 3.05. The quantitative estimate of drug-likeness (QED) is 0.538. The van der Waals surface area contributed by atoms with Gasteiger partial charge in [-0.25, -0.2) is 4.79 Å². The predicted molar refractivity (Wildman–Crippen MR) is 94.2 cm³/mol. The van der Waals surface area contributed by atoms with Crippen molar-refractivity contribution in [3.05, 3.63) is 77.6 Å². The molecule has 0 radical (unpaired) electrons. The minimum atomic E-state index is -4.45. The van der Waals surface area contributed by atoms with Crippen molar-refractivity contribution in [2.75, 3.05) is 0 Å². The minimum absolute atomic E-state index is 0.131. The first kappa shape index (κ1) is 18.1. The summed E-state index contributed by atoms with van der Waals surface area (Å²) < 4.78 is 40.7. The van der Waals surface area contributed by atoms with Crippen LogP contribution in [0.15, 0.2) is 60.9 Å². The molecular formula is C20H13F3N2O2. The molecule has 0 aliphatic heterocycles. The molecule has 0 amide bonds. The molecule has 0 aliphatic rings. The zero-order valence-corrected chi connectivity index (χ0v) is 13.8. The number of hydrogen-bond donors (Lipinski definition) is 2. The number of halogens is 3. The lowest BCUT2D eigenvalue weighted by molar-refractivity contribution is -0.137. The lowest BCUT2D eigenvalue weighted by Crippen LogP contribution is -2.04. The van der Waals surface area contributed by atoms with Gasteiger partial charge in [-0.15, -0.1) is 0 Å². The Bertz CT molecular complexity index is 1060.